The van der Waals surface area contributed by atoms with Crippen LogP contribution >= 0.6 is 11.3 Å². The van der Waals surface area contributed by atoms with Gasteiger partial charge < -0.3 is 15.0 Å². The summed E-state index contributed by atoms with van der Waals surface area (Å²) < 4.78 is 5.28. The molecule has 6 nitrogen and oxygen atoms in total. The van der Waals surface area contributed by atoms with Crippen molar-refractivity contribution in [1.82, 2.24) is 9.88 Å². The van der Waals surface area contributed by atoms with Gasteiger partial charge in [-0.1, -0.05) is 12.1 Å². The molecule has 1 saturated heterocycles. The molecular formula is C20H23N3O3S. The summed E-state index contributed by atoms with van der Waals surface area (Å²) in [6, 6.07) is 7.38. The van der Waals surface area contributed by atoms with E-state index < -0.39 is 0 Å². The van der Waals surface area contributed by atoms with Gasteiger partial charge in [0.25, 0.3) is 5.91 Å². The summed E-state index contributed by atoms with van der Waals surface area (Å²) >= 11 is 1.59. The number of carbonyl (C=O) groups excluding carboxylic acids is 2. The van der Waals surface area contributed by atoms with Crippen LogP contribution < -0.4 is 10.1 Å². The average Bonchev–Trinajstić information content (AvgIpc) is 3.44. The third-order valence-corrected chi connectivity index (χ3v) is 6.19. The molecule has 2 heterocycles. The lowest BCUT2D eigenvalue weighted by Gasteiger charge is -2.31. The van der Waals surface area contributed by atoms with E-state index in [-0.39, 0.29) is 17.7 Å². The number of methoxy groups -OCH3 is 1. The highest BCUT2D eigenvalue weighted by Gasteiger charge is 2.31. The number of para-hydroxylation sites is 2. The standard InChI is InChI=1S/C20H23N3O3S/c1-26-17-5-3-2-4-15(17)21-18(24)13-8-10-23(11-9-13)20(25)16-12-27-19(22-16)14-6-7-14/h2-5,12-14H,6-11H2,1H3,(H,21,24). The second kappa shape index (κ2) is 7.68. The lowest BCUT2D eigenvalue weighted by molar-refractivity contribution is -0.121. The van der Waals surface area contributed by atoms with Crippen molar-refractivity contribution < 1.29 is 14.3 Å². The topological polar surface area (TPSA) is 71.5 Å². The van der Waals surface area contributed by atoms with Crippen LogP contribution in [0.3, 0.4) is 0 Å². The molecule has 0 radical (unpaired) electrons. The quantitative estimate of drug-likeness (QED) is 0.855. The molecule has 1 aromatic heterocycles. The molecule has 2 fully saturated rings. The Bertz CT molecular complexity index is 839. The molecule has 4 rings (SSSR count). The summed E-state index contributed by atoms with van der Waals surface area (Å²) in [6.45, 7) is 1.16. The van der Waals surface area contributed by atoms with Crippen molar-refractivity contribution in [2.45, 2.75) is 31.6 Å². The number of nitrogens with one attached hydrogen (secondary N) is 1. The molecule has 27 heavy (non-hydrogen) atoms. The minimum atomic E-state index is -0.101. The maximum Gasteiger partial charge on any atom is 0.273 e. The van der Waals surface area contributed by atoms with E-state index in [4.69, 9.17) is 4.74 Å². The third kappa shape index (κ3) is 3.98. The van der Waals surface area contributed by atoms with Gasteiger partial charge in [-0.25, -0.2) is 4.98 Å². The molecule has 1 saturated carbocycles. The Balaban J connectivity index is 1.32. The molecule has 0 atom stereocenters. The number of piperidine rings is 1. The van der Waals surface area contributed by atoms with Crippen molar-refractivity contribution in [3.05, 3.63) is 40.3 Å². The van der Waals surface area contributed by atoms with Gasteiger partial charge in [0.2, 0.25) is 5.91 Å². The number of aromatic nitrogens is 1. The van der Waals surface area contributed by atoms with Crippen molar-refractivity contribution in [1.29, 1.82) is 0 Å². The summed E-state index contributed by atoms with van der Waals surface area (Å²) in [6.07, 6.45) is 3.69. The number of rotatable bonds is 5. The fraction of sp³-hybridized carbons (Fsp3) is 0.450. The van der Waals surface area contributed by atoms with Gasteiger partial charge in [-0.2, -0.15) is 0 Å². The van der Waals surface area contributed by atoms with Crippen molar-refractivity contribution in [3.63, 3.8) is 0 Å². The number of hydrogen-bond donors (Lipinski definition) is 1. The van der Waals surface area contributed by atoms with Crippen LogP contribution in [0.5, 0.6) is 5.75 Å². The van der Waals surface area contributed by atoms with Gasteiger partial charge in [0.1, 0.15) is 11.4 Å². The van der Waals surface area contributed by atoms with Gasteiger partial charge in [-0.3, -0.25) is 9.59 Å². The van der Waals surface area contributed by atoms with Crippen LogP contribution in [0.15, 0.2) is 29.6 Å². The number of likely N-dealkylation sites (tertiary alicyclic amines) is 1. The molecule has 7 heteroatoms. The highest BCUT2D eigenvalue weighted by atomic mass is 32.1. The molecule has 1 aliphatic carbocycles. The first-order chi connectivity index (χ1) is 13.2. The Morgan fingerprint density at radius 3 is 2.63 bits per heavy atom. The van der Waals surface area contributed by atoms with Crippen LogP contribution in [0.25, 0.3) is 0 Å². The first-order valence-electron chi connectivity index (χ1n) is 9.34. The highest BCUT2D eigenvalue weighted by molar-refractivity contribution is 7.10. The molecule has 1 N–H and O–H groups in total. The molecule has 142 valence electrons. The van der Waals surface area contributed by atoms with Gasteiger partial charge in [0.15, 0.2) is 0 Å². The maximum atomic E-state index is 12.7. The van der Waals surface area contributed by atoms with Crippen molar-refractivity contribution in [2.75, 3.05) is 25.5 Å². The highest BCUT2D eigenvalue weighted by Crippen LogP contribution is 2.41. The Morgan fingerprint density at radius 1 is 1.19 bits per heavy atom. The van der Waals surface area contributed by atoms with E-state index in [1.165, 1.54) is 12.8 Å². The van der Waals surface area contributed by atoms with Crippen molar-refractivity contribution >= 4 is 28.8 Å². The van der Waals surface area contributed by atoms with E-state index in [0.717, 1.165) is 5.01 Å². The number of thiazole rings is 1. The molecule has 1 aliphatic heterocycles. The number of ether oxygens (including phenoxy) is 1. The van der Waals surface area contributed by atoms with Crippen molar-refractivity contribution in [3.8, 4) is 5.75 Å². The number of amides is 2. The Morgan fingerprint density at radius 2 is 1.93 bits per heavy atom. The van der Waals surface area contributed by atoms with Crippen LogP contribution in [0.1, 0.15) is 47.1 Å². The Kier molecular flexibility index (Phi) is 5.11. The first kappa shape index (κ1) is 18.0. The molecule has 0 spiro atoms. The fourth-order valence-electron chi connectivity index (χ4n) is 3.39. The molecule has 0 unspecified atom stereocenters. The number of anilines is 1. The largest absolute Gasteiger partial charge is 0.495 e. The number of hydrogen-bond acceptors (Lipinski definition) is 5. The molecule has 2 amide bonds. The van der Waals surface area contributed by atoms with E-state index in [0.29, 0.717) is 49.0 Å². The average molecular weight is 385 g/mol. The maximum absolute atomic E-state index is 12.7. The molecule has 2 aromatic rings. The second-order valence-corrected chi connectivity index (χ2v) is 7.99. The van der Waals surface area contributed by atoms with E-state index >= 15 is 0 Å². The predicted molar refractivity (Wildman–Crippen MR) is 104 cm³/mol. The van der Waals surface area contributed by atoms with Crippen LogP contribution in [0, 0.1) is 5.92 Å². The Hall–Kier alpha value is -2.41. The molecule has 1 aromatic carbocycles. The van der Waals surface area contributed by atoms with Crippen molar-refractivity contribution in [2.24, 2.45) is 5.92 Å². The van der Waals surface area contributed by atoms with Crippen LogP contribution in [-0.4, -0.2) is 41.9 Å². The SMILES string of the molecule is COc1ccccc1NC(=O)C1CCN(C(=O)c2csc(C3CC3)n2)CC1. The zero-order valence-corrected chi connectivity index (χ0v) is 16.1. The summed E-state index contributed by atoms with van der Waals surface area (Å²) in [5, 5.41) is 5.91. The number of nitrogens with zero attached hydrogens (tertiary/aromatic N) is 2. The van der Waals surface area contributed by atoms with Gasteiger partial charge in [-0.05, 0) is 37.8 Å². The predicted octanol–water partition coefficient (Wildman–Crippen LogP) is 3.52. The first-order valence-corrected chi connectivity index (χ1v) is 10.2. The minimum absolute atomic E-state index is 0.0123. The van der Waals surface area contributed by atoms with Gasteiger partial charge >= 0.3 is 0 Å². The minimum Gasteiger partial charge on any atom is -0.495 e. The van der Waals surface area contributed by atoms with Crippen LogP contribution in [-0.2, 0) is 4.79 Å². The second-order valence-electron chi connectivity index (χ2n) is 7.10. The zero-order valence-electron chi connectivity index (χ0n) is 15.3. The summed E-state index contributed by atoms with van der Waals surface area (Å²) in [7, 11) is 1.59. The van der Waals surface area contributed by atoms with Gasteiger partial charge in [0, 0.05) is 30.3 Å². The van der Waals surface area contributed by atoms with Crippen LogP contribution in [0.4, 0.5) is 5.69 Å². The molecular weight excluding hydrogens is 362 g/mol. The number of carbonyl (C=O) groups is 2. The van der Waals surface area contributed by atoms with E-state index in [2.05, 4.69) is 10.3 Å². The number of benzene rings is 1. The lowest BCUT2D eigenvalue weighted by Crippen LogP contribution is -2.41. The molecule has 2 aliphatic rings. The monoisotopic (exact) mass is 385 g/mol. The normalized spacial score (nSPS) is 17.6. The summed E-state index contributed by atoms with van der Waals surface area (Å²) in [5.74, 6) is 1.09. The lowest BCUT2D eigenvalue weighted by atomic mass is 9.95. The van der Waals surface area contributed by atoms with Gasteiger partial charge in [-0.15, -0.1) is 11.3 Å². The summed E-state index contributed by atoms with van der Waals surface area (Å²) in [4.78, 5) is 31.6. The third-order valence-electron chi connectivity index (χ3n) is 5.19. The molecule has 0 bridgehead atoms. The van der Waals surface area contributed by atoms with E-state index in [1.807, 2.05) is 34.5 Å². The van der Waals surface area contributed by atoms with E-state index in [1.54, 1.807) is 18.4 Å². The van der Waals surface area contributed by atoms with Gasteiger partial charge in [0.05, 0.1) is 17.8 Å². The van der Waals surface area contributed by atoms with E-state index in [9.17, 15) is 9.59 Å². The summed E-state index contributed by atoms with van der Waals surface area (Å²) in [5.41, 5.74) is 1.23. The van der Waals surface area contributed by atoms with Crippen LogP contribution in [0.2, 0.25) is 0 Å². The fourth-order valence-corrected chi connectivity index (χ4v) is 4.36. The zero-order chi connectivity index (χ0) is 18.8. The Labute approximate surface area is 162 Å². The smallest absolute Gasteiger partial charge is 0.273 e.